The zero-order chi connectivity index (χ0) is 15.1. The molecule has 0 atom stereocenters. The van der Waals surface area contributed by atoms with E-state index in [-0.39, 0.29) is 11.8 Å². The maximum atomic E-state index is 12.0. The Hall–Kier alpha value is -2.62. The van der Waals surface area contributed by atoms with Crippen LogP contribution in [0.4, 0.5) is 5.69 Å². The maximum absolute atomic E-state index is 12.0. The van der Waals surface area contributed by atoms with Crippen molar-refractivity contribution in [1.29, 1.82) is 0 Å². The predicted molar refractivity (Wildman–Crippen MR) is 83.2 cm³/mol. The van der Waals surface area contributed by atoms with E-state index in [4.69, 9.17) is 0 Å². The van der Waals surface area contributed by atoms with Crippen LogP contribution in [0.2, 0.25) is 0 Å². The summed E-state index contributed by atoms with van der Waals surface area (Å²) in [4.78, 5) is 23.2. The topological polar surface area (TPSA) is 58.2 Å². The summed E-state index contributed by atoms with van der Waals surface area (Å²) in [5, 5.41) is 5.44. The van der Waals surface area contributed by atoms with E-state index >= 15 is 0 Å². The summed E-state index contributed by atoms with van der Waals surface area (Å²) in [5.74, 6) is -0.106. The Morgan fingerprint density at radius 1 is 0.952 bits per heavy atom. The van der Waals surface area contributed by atoms with Crippen LogP contribution in [0.25, 0.3) is 0 Å². The molecule has 0 aliphatic rings. The minimum atomic E-state index is -0.131. The second kappa shape index (κ2) is 7.24. The minimum Gasteiger partial charge on any atom is -0.359 e. The summed E-state index contributed by atoms with van der Waals surface area (Å²) < 4.78 is 0. The molecule has 0 bridgehead atoms. The molecule has 4 nitrogen and oxygen atoms in total. The van der Waals surface area contributed by atoms with Gasteiger partial charge in [0, 0.05) is 24.7 Å². The predicted octanol–water partition coefficient (Wildman–Crippen LogP) is 2.62. The first-order chi connectivity index (χ1) is 10.2. The van der Waals surface area contributed by atoms with E-state index in [1.165, 1.54) is 0 Å². The Kier molecular flexibility index (Phi) is 5.10. The minimum absolute atomic E-state index is 0.0245. The molecule has 2 aromatic carbocycles. The lowest BCUT2D eigenvalue weighted by atomic mass is 10.1. The van der Waals surface area contributed by atoms with Gasteiger partial charge in [-0.1, -0.05) is 30.3 Å². The number of hydrogen-bond acceptors (Lipinski definition) is 2. The zero-order valence-corrected chi connectivity index (χ0v) is 11.9. The van der Waals surface area contributed by atoms with Crippen molar-refractivity contribution in [1.82, 2.24) is 5.32 Å². The number of benzene rings is 2. The monoisotopic (exact) mass is 282 g/mol. The van der Waals surface area contributed by atoms with E-state index in [9.17, 15) is 9.59 Å². The number of hydrogen-bond donors (Lipinski definition) is 2. The van der Waals surface area contributed by atoms with Crippen molar-refractivity contribution in [3.63, 3.8) is 0 Å². The molecule has 2 aromatic rings. The van der Waals surface area contributed by atoms with E-state index in [0.29, 0.717) is 18.4 Å². The Morgan fingerprint density at radius 2 is 1.62 bits per heavy atom. The highest BCUT2D eigenvalue weighted by molar-refractivity contribution is 6.04. The number of nitrogens with one attached hydrogen (secondary N) is 2. The van der Waals surface area contributed by atoms with E-state index < -0.39 is 0 Å². The quantitative estimate of drug-likeness (QED) is 0.885. The van der Waals surface area contributed by atoms with Gasteiger partial charge in [0.2, 0.25) is 5.91 Å². The molecule has 0 fully saturated rings. The highest BCUT2D eigenvalue weighted by atomic mass is 16.2. The van der Waals surface area contributed by atoms with Gasteiger partial charge in [-0.3, -0.25) is 9.59 Å². The number of carbonyl (C=O) groups is 2. The number of rotatable bonds is 5. The summed E-state index contributed by atoms with van der Waals surface area (Å²) >= 11 is 0. The Balaban J connectivity index is 1.93. The lowest BCUT2D eigenvalue weighted by Crippen LogP contribution is -2.17. The molecule has 21 heavy (non-hydrogen) atoms. The molecule has 0 radical (unpaired) electrons. The molecule has 0 heterocycles. The van der Waals surface area contributed by atoms with Crippen molar-refractivity contribution in [2.75, 3.05) is 12.4 Å². The van der Waals surface area contributed by atoms with Gasteiger partial charge >= 0.3 is 0 Å². The number of amides is 2. The molecule has 0 saturated heterocycles. The number of aryl methyl sites for hydroxylation is 1. The van der Waals surface area contributed by atoms with Crippen LogP contribution in [0.3, 0.4) is 0 Å². The van der Waals surface area contributed by atoms with Crippen LogP contribution >= 0.6 is 0 Å². The molecule has 4 heteroatoms. The third kappa shape index (κ3) is 4.45. The second-order valence-electron chi connectivity index (χ2n) is 4.69. The molecule has 0 aromatic heterocycles. The number of carbonyl (C=O) groups excluding carboxylic acids is 2. The van der Waals surface area contributed by atoms with Gasteiger partial charge in [-0.25, -0.2) is 0 Å². The van der Waals surface area contributed by atoms with Crippen LogP contribution in [0.5, 0.6) is 0 Å². The van der Waals surface area contributed by atoms with Gasteiger partial charge in [-0.05, 0) is 36.2 Å². The normalized spacial score (nSPS) is 9.95. The van der Waals surface area contributed by atoms with Crippen LogP contribution in [0, 0.1) is 0 Å². The van der Waals surface area contributed by atoms with Crippen molar-refractivity contribution in [2.45, 2.75) is 12.8 Å². The van der Waals surface area contributed by atoms with Crippen molar-refractivity contribution in [3.05, 3.63) is 65.7 Å². The molecule has 2 N–H and O–H groups in total. The van der Waals surface area contributed by atoms with Crippen molar-refractivity contribution < 1.29 is 9.59 Å². The fourth-order valence-corrected chi connectivity index (χ4v) is 1.93. The van der Waals surface area contributed by atoms with Gasteiger partial charge in [0.15, 0.2) is 0 Å². The fraction of sp³-hybridized carbons (Fsp3) is 0.176. The van der Waals surface area contributed by atoms with E-state index in [1.54, 1.807) is 19.2 Å². The molecule has 108 valence electrons. The van der Waals surface area contributed by atoms with Crippen molar-refractivity contribution in [2.24, 2.45) is 0 Å². The average Bonchev–Trinajstić information content (AvgIpc) is 2.54. The maximum Gasteiger partial charge on any atom is 0.255 e. The van der Waals surface area contributed by atoms with Gasteiger partial charge in [0.1, 0.15) is 0 Å². The van der Waals surface area contributed by atoms with Crippen LogP contribution in [0.15, 0.2) is 54.6 Å². The Labute approximate surface area is 124 Å². The van der Waals surface area contributed by atoms with Gasteiger partial charge in [-0.15, -0.1) is 0 Å². The van der Waals surface area contributed by atoms with E-state index in [2.05, 4.69) is 10.6 Å². The van der Waals surface area contributed by atoms with Gasteiger partial charge in [0.05, 0.1) is 0 Å². The summed E-state index contributed by atoms with van der Waals surface area (Å²) in [7, 11) is 1.63. The highest BCUT2D eigenvalue weighted by Gasteiger charge is 2.05. The van der Waals surface area contributed by atoms with Crippen LogP contribution in [-0.4, -0.2) is 18.9 Å². The van der Waals surface area contributed by atoms with Gasteiger partial charge < -0.3 is 10.6 Å². The highest BCUT2D eigenvalue weighted by Crippen LogP contribution is 2.12. The molecule has 0 aliphatic heterocycles. The van der Waals surface area contributed by atoms with E-state index in [1.807, 2.05) is 42.5 Å². The molecule has 0 saturated carbocycles. The largest absolute Gasteiger partial charge is 0.359 e. The lowest BCUT2D eigenvalue weighted by molar-refractivity contribution is -0.120. The van der Waals surface area contributed by atoms with Gasteiger partial charge in [-0.2, -0.15) is 0 Å². The summed E-state index contributed by atoms with van der Waals surface area (Å²) in [5.41, 5.74) is 2.44. The van der Waals surface area contributed by atoms with Crippen molar-refractivity contribution in [3.8, 4) is 0 Å². The summed E-state index contributed by atoms with van der Waals surface area (Å²) in [6.07, 6.45) is 1.15. The Morgan fingerprint density at radius 3 is 2.24 bits per heavy atom. The molecular formula is C17H18N2O2. The first-order valence-corrected chi connectivity index (χ1v) is 6.85. The first kappa shape index (κ1) is 14.8. The Bertz CT molecular complexity index is 606. The molecule has 0 unspecified atom stereocenters. The third-order valence-corrected chi connectivity index (χ3v) is 3.17. The molecule has 0 aliphatic carbocycles. The van der Waals surface area contributed by atoms with Crippen LogP contribution in [-0.2, 0) is 11.2 Å². The molecular weight excluding hydrogens is 264 g/mol. The van der Waals surface area contributed by atoms with Crippen molar-refractivity contribution >= 4 is 17.5 Å². The molecule has 2 rings (SSSR count). The summed E-state index contributed by atoms with van der Waals surface area (Å²) in [6.45, 7) is 0. The average molecular weight is 282 g/mol. The third-order valence-electron chi connectivity index (χ3n) is 3.17. The van der Waals surface area contributed by atoms with E-state index in [0.717, 1.165) is 11.3 Å². The smallest absolute Gasteiger partial charge is 0.255 e. The second-order valence-corrected chi connectivity index (χ2v) is 4.69. The first-order valence-electron chi connectivity index (χ1n) is 6.85. The zero-order valence-electron chi connectivity index (χ0n) is 11.9. The van der Waals surface area contributed by atoms with Crippen LogP contribution < -0.4 is 10.6 Å². The van der Waals surface area contributed by atoms with Gasteiger partial charge in [0.25, 0.3) is 5.91 Å². The standard InChI is InChI=1S/C17H18N2O2/c1-18-16(20)12-9-13-7-10-15(11-8-13)19-17(21)14-5-3-2-4-6-14/h2-8,10-11H,9,12H2,1H3,(H,18,20)(H,19,21). The summed E-state index contributed by atoms with van der Waals surface area (Å²) in [6, 6.07) is 16.6. The molecule has 0 spiro atoms. The fourth-order valence-electron chi connectivity index (χ4n) is 1.93. The molecule has 2 amide bonds. The van der Waals surface area contributed by atoms with Crippen LogP contribution in [0.1, 0.15) is 22.3 Å². The SMILES string of the molecule is CNC(=O)CCc1ccc(NC(=O)c2ccccc2)cc1. The lowest BCUT2D eigenvalue weighted by Gasteiger charge is -2.06. The number of anilines is 1.